The van der Waals surface area contributed by atoms with Gasteiger partial charge in [-0.2, -0.15) is 0 Å². The van der Waals surface area contributed by atoms with Crippen LogP contribution in [0.25, 0.3) is 16.5 Å². The molecule has 1 aliphatic carbocycles. The maximum absolute atomic E-state index is 12.6. The second-order valence-electron chi connectivity index (χ2n) is 8.26. The first-order valence-electron chi connectivity index (χ1n) is 10.7. The van der Waals surface area contributed by atoms with Crippen LogP contribution in [-0.2, 0) is 20.8 Å². The van der Waals surface area contributed by atoms with Gasteiger partial charge < -0.3 is 20.5 Å². The lowest BCUT2D eigenvalue weighted by Gasteiger charge is -2.39. The number of fused-ring (bicyclic) bond motifs is 2. The smallest absolute Gasteiger partial charge is 0.328 e. The van der Waals surface area contributed by atoms with E-state index >= 15 is 0 Å². The minimum absolute atomic E-state index is 0.0778. The van der Waals surface area contributed by atoms with Crippen LogP contribution in [0.5, 0.6) is 0 Å². The van der Waals surface area contributed by atoms with Gasteiger partial charge in [-0.3, -0.25) is 9.69 Å². The monoisotopic (exact) mass is 439 g/mol. The molecule has 2 aromatic rings. The summed E-state index contributed by atoms with van der Waals surface area (Å²) in [7, 11) is 2.14. The number of nitrogens with zero attached hydrogens (tertiary/aromatic N) is 1. The average molecular weight is 440 g/mol. The molecule has 8 heteroatoms. The molecule has 2 aliphatic rings. The van der Waals surface area contributed by atoms with E-state index < -0.39 is 11.9 Å². The van der Waals surface area contributed by atoms with E-state index in [1.165, 1.54) is 27.6 Å². The van der Waals surface area contributed by atoms with E-state index in [4.69, 9.17) is 10.2 Å². The molecule has 3 atom stereocenters. The van der Waals surface area contributed by atoms with Crippen molar-refractivity contribution in [2.45, 2.75) is 38.8 Å². The number of benzene rings is 1. The van der Waals surface area contributed by atoms with E-state index in [0.717, 1.165) is 19.4 Å². The molecule has 0 radical (unpaired) electrons. The Morgan fingerprint density at radius 1 is 1.25 bits per heavy atom. The van der Waals surface area contributed by atoms with Crippen molar-refractivity contribution in [2.75, 3.05) is 13.6 Å². The quantitative estimate of drug-likeness (QED) is 0.531. The van der Waals surface area contributed by atoms with Crippen LogP contribution < -0.4 is 5.32 Å². The van der Waals surface area contributed by atoms with Gasteiger partial charge in [0.1, 0.15) is 0 Å². The number of aromatic nitrogens is 1. The van der Waals surface area contributed by atoms with Gasteiger partial charge in [-0.05, 0) is 49.6 Å². The number of aliphatic carboxylic acids is 2. The van der Waals surface area contributed by atoms with Gasteiger partial charge >= 0.3 is 11.9 Å². The molecule has 0 saturated heterocycles. The standard InChI is InChI=1S/C20H25N3O.C4H4O4/c1-4-12(2)22-20(24)14-8-16-15-6-5-7-17-19(15)13(10-21-17)9-18(16)23(3)11-14;5-3(6)1-2-4(7)8/h5-8,10,12,14,18,21H,4,9,11H2,1-3H3,(H,22,24);1-2H,(H,5,6)(H,7,8)/b;2-1-/t12-,14-,18-;/m1./s1. The molecule has 2 heterocycles. The molecular formula is C24H29N3O5. The minimum Gasteiger partial charge on any atom is -0.478 e. The molecule has 0 saturated carbocycles. The predicted octanol–water partition coefficient (Wildman–Crippen LogP) is 2.66. The second kappa shape index (κ2) is 9.82. The van der Waals surface area contributed by atoms with Crippen LogP contribution in [0.15, 0.2) is 42.6 Å². The van der Waals surface area contributed by atoms with Crippen molar-refractivity contribution in [1.29, 1.82) is 0 Å². The zero-order chi connectivity index (χ0) is 23.4. The zero-order valence-corrected chi connectivity index (χ0v) is 18.5. The molecule has 0 spiro atoms. The Hall–Kier alpha value is -3.39. The number of carbonyl (C=O) groups is 3. The molecule has 0 unspecified atom stereocenters. The molecule has 1 aliphatic heterocycles. The summed E-state index contributed by atoms with van der Waals surface area (Å²) < 4.78 is 0. The maximum Gasteiger partial charge on any atom is 0.328 e. The Balaban J connectivity index is 0.000000312. The highest BCUT2D eigenvalue weighted by Gasteiger charge is 2.35. The second-order valence-corrected chi connectivity index (χ2v) is 8.26. The van der Waals surface area contributed by atoms with E-state index in [1.807, 2.05) is 0 Å². The van der Waals surface area contributed by atoms with Gasteiger partial charge in [-0.1, -0.05) is 25.1 Å². The maximum atomic E-state index is 12.6. The number of nitrogens with one attached hydrogen (secondary N) is 2. The first kappa shape index (κ1) is 23.3. The molecule has 32 heavy (non-hydrogen) atoms. The minimum atomic E-state index is -1.26. The lowest BCUT2D eigenvalue weighted by atomic mass is 9.80. The highest BCUT2D eigenvalue weighted by molar-refractivity contribution is 5.99. The summed E-state index contributed by atoms with van der Waals surface area (Å²) in [6, 6.07) is 7.02. The Morgan fingerprint density at radius 3 is 2.56 bits per heavy atom. The molecule has 4 N–H and O–H groups in total. The SMILES string of the molecule is CC[C@@H](C)NC(=O)[C@@H]1C=C2c3cccc4[nH]cc(c34)C[C@H]2N(C)C1.O=C(O)/C=C\C(=O)O. The van der Waals surface area contributed by atoms with Gasteiger partial charge in [0, 0.05) is 47.9 Å². The van der Waals surface area contributed by atoms with Crippen molar-refractivity contribution < 1.29 is 24.6 Å². The Bertz CT molecular complexity index is 1070. The van der Waals surface area contributed by atoms with Gasteiger partial charge in [-0.15, -0.1) is 0 Å². The summed E-state index contributed by atoms with van der Waals surface area (Å²) in [5.74, 6) is -2.44. The number of carbonyl (C=O) groups excluding carboxylic acids is 1. The molecule has 1 amide bonds. The van der Waals surface area contributed by atoms with Crippen molar-refractivity contribution >= 4 is 34.3 Å². The van der Waals surface area contributed by atoms with E-state index in [9.17, 15) is 14.4 Å². The number of H-pyrrole nitrogens is 1. The normalized spacial score (nSPS) is 20.7. The van der Waals surface area contributed by atoms with Gasteiger partial charge in [-0.25, -0.2) is 9.59 Å². The average Bonchev–Trinajstić information content (AvgIpc) is 3.17. The molecule has 0 fully saturated rings. The number of likely N-dealkylation sites (N-methyl/N-ethyl adjacent to an activating group) is 1. The summed E-state index contributed by atoms with van der Waals surface area (Å²) in [6.07, 6.45) is 7.44. The van der Waals surface area contributed by atoms with Gasteiger partial charge in [0.05, 0.1) is 5.92 Å². The molecule has 1 aromatic heterocycles. The predicted molar refractivity (Wildman–Crippen MR) is 122 cm³/mol. The highest BCUT2D eigenvalue weighted by atomic mass is 16.4. The Kier molecular flexibility index (Phi) is 7.15. The van der Waals surface area contributed by atoms with Crippen LogP contribution in [-0.4, -0.2) is 63.6 Å². The number of carboxylic acid groups (broad SMARTS) is 2. The zero-order valence-electron chi connectivity index (χ0n) is 18.5. The largest absolute Gasteiger partial charge is 0.478 e. The van der Waals surface area contributed by atoms with Crippen LogP contribution in [0, 0.1) is 5.92 Å². The van der Waals surface area contributed by atoms with Crippen molar-refractivity contribution in [2.24, 2.45) is 5.92 Å². The fourth-order valence-corrected chi connectivity index (χ4v) is 4.21. The van der Waals surface area contributed by atoms with Gasteiger partial charge in [0.25, 0.3) is 0 Å². The number of rotatable bonds is 5. The van der Waals surface area contributed by atoms with Crippen molar-refractivity contribution in [3.63, 3.8) is 0 Å². The third-order valence-corrected chi connectivity index (χ3v) is 5.97. The third-order valence-electron chi connectivity index (χ3n) is 5.97. The van der Waals surface area contributed by atoms with E-state index in [0.29, 0.717) is 18.2 Å². The van der Waals surface area contributed by atoms with Crippen LogP contribution in [0.2, 0.25) is 0 Å². The van der Waals surface area contributed by atoms with E-state index in [2.05, 4.69) is 66.6 Å². The van der Waals surface area contributed by atoms with Gasteiger partial charge in [0.15, 0.2) is 0 Å². The van der Waals surface area contributed by atoms with Crippen LogP contribution >= 0.6 is 0 Å². The molecular weight excluding hydrogens is 410 g/mol. The molecule has 1 aromatic carbocycles. The summed E-state index contributed by atoms with van der Waals surface area (Å²) in [6.45, 7) is 4.95. The number of carboxylic acids is 2. The number of hydrogen-bond donors (Lipinski definition) is 4. The van der Waals surface area contributed by atoms with Crippen LogP contribution in [0.3, 0.4) is 0 Å². The summed E-state index contributed by atoms with van der Waals surface area (Å²) >= 11 is 0. The van der Waals surface area contributed by atoms with Crippen molar-refractivity contribution in [3.8, 4) is 0 Å². The first-order valence-corrected chi connectivity index (χ1v) is 10.7. The van der Waals surface area contributed by atoms with Crippen LogP contribution in [0.1, 0.15) is 31.4 Å². The first-order chi connectivity index (χ1) is 15.2. The lowest BCUT2D eigenvalue weighted by Crippen LogP contribution is -2.47. The molecule has 170 valence electrons. The third kappa shape index (κ3) is 5.08. The topological polar surface area (TPSA) is 123 Å². The molecule has 4 rings (SSSR count). The van der Waals surface area contributed by atoms with Crippen molar-refractivity contribution in [1.82, 2.24) is 15.2 Å². The van der Waals surface area contributed by atoms with Crippen molar-refractivity contribution in [3.05, 3.63) is 53.8 Å². The summed E-state index contributed by atoms with van der Waals surface area (Å²) in [4.78, 5) is 37.5. The highest BCUT2D eigenvalue weighted by Crippen LogP contribution is 2.40. The van der Waals surface area contributed by atoms with Gasteiger partial charge in [0.2, 0.25) is 5.91 Å². The number of aromatic amines is 1. The summed E-state index contributed by atoms with van der Waals surface area (Å²) in [5.41, 5.74) is 5.17. The van der Waals surface area contributed by atoms with E-state index in [-0.39, 0.29) is 17.9 Å². The Morgan fingerprint density at radius 2 is 1.94 bits per heavy atom. The van der Waals surface area contributed by atoms with Crippen LogP contribution in [0.4, 0.5) is 0 Å². The van der Waals surface area contributed by atoms with E-state index in [1.54, 1.807) is 0 Å². The fourth-order valence-electron chi connectivity index (χ4n) is 4.21. The molecule has 8 nitrogen and oxygen atoms in total. The fraction of sp³-hybridized carbons (Fsp3) is 0.375. The number of hydrogen-bond acceptors (Lipinski definition) is 4. The Labute approximate surface area is 186 Å². The lowest BCUT2D eigenvalue weighted by molar-refractivity contribution is -0.134. The molecule has 0 bridgehead atoms. The summed E-state index contributed by atoms with van der Waals surface area (Å²) in [5, 5.41) is 20.1. The number of amides is 1.